The zero-order valence-electron chi connectivity index (χ0n) is 4.89. The lowest BCUT2D eigenvalue weighted by Crippen LogP contribution is -1.95. The SMILES string of the molecule is O=Cn1cc(C(=O)O)cn1. The van der Waals surface area contributed by atoms with E-state index in [1.165, 1.54) is 0 Å². The summed E-state index contributed by atoms with van der Waals surface area (Å²) in [6, 6.07) is 0. The van der Waals surface area contributed by atoms with Crippen LogP contribution in [0.5, 0.6) is 0 Å². The highest BCUT2D eigenvalue weighted by molar-refractivity contribution is 5.87. The van der Waals surface area contributed by atoms with Crippen molar-refractivity contribution in [2.45, 2.75) is 0 Å². The normalized spacial score (nSPS) is 9.20. The van der Waals surface area contributed by atoms with Crippen molar-refractivity contribution in [1.82, 2.24) is 9.78 Å². The van der Waals surface area contributed by atoms with Gasteiger partial charge < -0.3 is 5.11 Å². The van der Waals surface area contributed by atoms with Gasteiger partial charge in [-0.2, -0.15) is 5.10 Å². The van der Waals surface area contributed by atoms with E-state index in [1.807, 2.05) is 0 Å². The fourth-order valence-electron chi connectivity index (χ4n) is 0.506. The van der Waals surface area contributed by atoms with Crippen molar-refractivity contribution in [1.29, 1.82) is 0 Å². The van der Waals surface area contributed by atoms with E-state index in [4.69, 9.17) is 5.11 Å². The van der Waals surface area contributed by atoms with Crippen molar-refractivity contribution >= 4 is 12.4 Å². The van der Waals surface area contributed by atoms with Crippen LogP contribution < -0.4 is 0 Å². The summed E-state index contributed by atoms with van der Waals surface area (Å²) in [5.41, 5.74) is 0.00657. The Morgan fingerprint density at radius 1 is 1.80 bits per heavy atom. The monoisotopic (exact) mass is 140 g/mol. The highest BCUT2D eigenvalue weighted by Crippen LogP contribution is 1.93. The Hall–Kier alpha value is -1.65. The minimum Gasteiger partial charge on any atom is -0.478 e. The first-order chi connectivity index (χ1) is 4.74. The van der Waals surface area contributed by atoms with Gasteiger partial charge in [0.2, 0.25) is 6.41 Å². The van der Waals surface area contributed by atoms with E-state index in [0.717, 1.165) is 17.1 Å². The van der Waals surface area contributed by atoms with Crippen molar-refractivity contribution in [3.63, 3.8) is 0 Å². The topological polar surface area (TPSA) is 72.2 Å². The lowest BCUT2D eigenvalue weighted by atomic mass is 10.4. The molecule has 0 amide bonds. The van der Waals surface area contributed by atoms with E-state index in [2.05, 4.69) is 5.10 Å². The third-order valence-electron chi connectivity index (χ3n) is 0.956. The molecule has 0 radical (unpaired) electrons. The summed E-state index contributed by atoms with van der Waals surface area (Å²) in [7, 11) is 0. The minimum absolute atomic E-state index is 0.00657. The summed E-state index contributed by atoms with van der Waals surface area (Å²) >= 11 is 0. The first-order valence-electron chi connectivity index (χ1n) is 2.47. The molecule has 5 heteroatoms. The van der Waals surface area contributed by atoms with Gasteiger partial charge in [-0.3, -0.25) is 4.79 Å². The minimum atomic E-state index is -1.09. The number of aromatic nitrogens is 2. The number of hydrogen-bond acceptors (Lipinski definition) is 3. The van der Waals surface area contributed by atoms with Crippen LogP contribution in [0.15, 0.2) is 12.4 Å². The standard InChI is InChI=1S/C5H4N2O3/c8-3-7-2-4(1-6-7)5(9)10/h1-3H,(H,9,10). The summed E-state index contributed by atoms with van der Waals surface area (Å²) in [6.07, 6.45) is 2.67. The Morgan fingerprint density at radius 2 is 2.50 bits per heavy atom. The first kappa shape index (κ1) is 6.47. The lowest BCUT2D eigenvalue weighted by molar-refractivity contribution is 0.0697. The zero-order chi connectivity index (χ0) is 7.56. The van der Waals surface area contributed by atoms with Crippen molar-refractivity contribution in [3.8, 4) is 0 Å². The number of carbonyl (C=O) groups is 2. The number of carboxylic acid groups (broad SMARTS) is 1. The average molecular weight is 140 g/mol. The molecule has 0 atom stereocenters. The quantitative estimate of drug-likeness (QED) is 0.568. The molecule has 1 aromatic rings. The molecule has 10 heavy (non-hydrogen) atoms. The van der Waals surface area contributed by atoms with Crippen LogP contribution in [0.25, 0.3) is 0 Å². The fourth-order valence-corrected chi connectivity index (χ4v) is 0.506. The maximum absolute atomic E-state index is 10.2. The van der Waals surface area contributed by atoms with Crippen LogP contribution in [0.3, 0.4) is 0 Å². The largest absolute Gasteiger partial charge is 0.478 e. The number of aromatic carboxylic acids is 1. The van der Waals surface area contributed by atoms with E-state index in [0.29, 0.717) is 6.41 Å². The van der Waals surface area contributed by atoms with Crippen LogP contribution in [0.2, 0.25) is 0 Å². The van der Waals surface area contributed by atoms with Gasteiger partial charge >= 0.3 is 5.97 Å². The van der Waals surface area contributed by atoms with Gasteiger partial charge in [0.05, 0.1) is 11.8 Å². The summed E-state index contributed by atoms with van der Waals surface area (Å²) in [6.45, 7) is 0. The van der Waals surface area contributed by atoms with Gasteiger partial charge in [-0.05, 0) is 0 Å². The predicted molar refractivity (Wildman–Crippen MR) is 31.3 cm³/mol. The Kier molecular flexibility index (Phi) is 1.49. The number of carboxylic acids is 1. The molecule has 0 aliphatic rings. The highest BCUT2D eigenvalue weighted by atomic mass is 16.4. The van der Waals surface area contributed by atoms with E-state index in [1.54, 1.807) is 0 Å². The van der Waals surface area contributed by atoms with Crippen molar-refractivity contribution < 1.29 is 14.7 Å². The highest BCUT2D eigenvalue weighted by Gasteiger charge is 2.03. The number of rotatable bonds is 2. The molecule has 0 aliphatic carbocycles. The van der Waals surface area contributed by atoms with Gasteiger partial charge in [0.15, 0.2) is 0 Å². The molecule has 0 aromatic carbocycles. The molecular formula is C5H4N2O3. The molecule has 0 fully saturated rings. The first-order valence-corrected chi connectivity index (χ1v) is 2.47. The molecule has 52 valence electrons. The molecule has 0 spiro atoms. The smallest absolute Gasteiger partial charge is 0.338 e. The van der Waals surface area contributed by atoms with Crippen LogP contribution in [-0.4, -0.2) is 27.3 Å². The van der Waals surface area contributed by atoms with Gasteiger partial charge in [-0.1, -0.05) is 0 Å². The van der Waals surface area contributed by atoms with E-state index in [-0.39, 0.29) is 5.56 Å². The maximum Gasteiger partial charge on any atom is 0.338 e. The molecule has 1 heterocycles. The fraction of sp³-hybridized carbons (Fsp3) is 0. The number of carbonyl (C=O) groups excluding carboxylic acids is 1. The second-order valence-corrected chi connectivity index (χ2v) is 1.62. The number of hydrogen-bond donors (Lipinski definition) is 1. The Balaban J connectivity index is 2.98. The molecule has 0 saturated carbocycles. The van der Waals surface area contributed by atoms with Gasteiger partial charge in [0.25, 0.3) is 0 Å². The lowest BCUT2D eigenvalue weighted by Gasteiger charge is -1.80. The van der Waals surface area contributed by atoms with Crippen LogP contribution >= 0.6 is 0 Å². The van der Waals surface area contributed by atoms with Crippen LogP contribution in [0.4, 0.5) is 0 Å². The van der Waals surface area contributed by atoms with Gasteiger partial charge in [-0.15, -0.1) is 0 Å². The third kappa shape index (κ3) is 1.02. The summed E-state index contributed by atoms with van der Waals surface area (Å²) < 4.78 is 0.892. The van der Waals surface area contributed by atoms with Crippen molar-refractivity contribution in [3.05, 3.63) is 18.0 Å². The zero-order valence-corrected chi connectivity index (χ0v) is 4.89. The third-order valence-corrected chi connectivity index (χ3v) is 0.956. The van der Waals surface area contributed by atoms with Gasteiger partial charge in [-0.25, -0.2) is 9.48 Å². The Labute approximate surface area is 55.9 Å². The molecule has 0 aliphatic heterocycles. The van der Waals surface area contributed by atoms with Crippen LogP contribution in [0.1, 0.15) is 10.4 Å². The molecular weight excluding hydrogens is 136 g/mol. The van der Waals surface area contributed by atoms with Crippen molar-refractivity contribution in [2.24, 2.45) is 0 Å². The maximum atomic E-state index is 10.2. The van der Waals surface area contributed by atoms with Gasteiger partial charge in [0.1, 0.15) is 0 Å². The molecule has 1 N–H and O–H groups in total. The number of nitrogens with zero attached hydrogens (tertiary/aromatic N) is 2. The molecule has 0 bridgehead atoms. The van der Waals surface area contributed by atoms with Crippen LogP contribution in [-0.2, 0) is 4.79 Å². The molecule has 5 nitrogen and oxygen atoms in total. The van der Waals surface area contributed by atoms with E-state index in [9.17, 15) is 9.59 Å². The van der Waals surface area contributed by atoms with Gasteiger partial charge in [0, 0.05) is 6.20 Å². The van der Waals surface area contributed by atoms with Crippen molar-refractivity contribution in [2.75, 3.05) is 0 Å². The Morgan fingerprint density at radius 3 is 2.80 bits per heavy atom. The molecule has 0 unspecified atom stereocenters. The average Bonchev–Trinajstić information content (AvgIpc) is 2.34. The summed E-state index contributed by atoms with van der Waals surface area (Å²) in [5.74, 6) is -1.09. The van der Waals surface area contributed by atoms with E-state index >= 15 is 0 Å². The second kappa shape index (κ2) is 2.30. The Bertz CT molecular complexity index is 266. The van der Waals surface area contributed by atoms with Crippen LogP contribution in [0, 0.1) is 0 Å². The predicted octanol–water partition coefficient (Wildman–Crippen LogP) is -0.380. The molecule has 1 aromatic heterocycles. The summed E-state index contributed by atoms with van der Waals surface area (Å²) in [4.78, 5) is 20.1. The van der Waals surface area contributed by atoms with E-state index < -0.39 is 5.97 Å². The summed E-state index contributed by atoms with van der Waals surface area (Å²) in [5, 5.41) is 11.7. The molecule has 1 rings (SSSR count). The second-order valence-electron chi connectivity index (χ2n) is 1.62. The molecule has 0 saturated heterocycles.